The molecule has 20 heavy (non-hydrogen) atoms. The van der Waals surface area contributed by atoms with Crippen molar-refractivity contribution in [1.29, 1.82) is 5.26 Å². The van der Waals surface area contributed by atoms with Gasteiger partial charge in [0.15, 0.2) is 5.78 Å². The van der Waals surface area contributed by atoms with Crippen LogP contribution in [0, 0.1) is 11.3 Å². The van der Waals surface area contributed by atoms with Crippen LogP contribution >= 0.6 is 15.9 Å². The average molecular weight is 325 g/mol. The fourth-order valence-corrected chi connectivity index (χ4v) is 2.56. The van der Waals surface area contributed by atoms with E-state index in [1.165, 1.54) is 0 Å². The molecule has 0 amide bonds. The maximum Gasteiger partial charge on any atom is 0.195 e. The number of aromatic amines is 1. The molecule has 0 atom stereocenters. The topological polar surface area (TPSA) is 56.6 Å². The summed E-state index contributed by atoms with van der Waals surface area (Å²) in [4.78, 5) is 15.6. The molecule has 1 heterocycles. The summed E-state index contributed by atoms with van der Waals surface area (Å²) < 4.78 is 0.862. The summed E-state index contributed by atoms with van der Waals surface area (Å²) in [5.74, 6) is -0.0624. The summed E-state index contributed by atoms with van der Waals surface area (Å²) in [6.45, 7) is 0. The molecule has 0 aliphatic carbocycles. The number of rotatable bonds is 2. The van der Waals surface area contributed by atoms with E-state index in [-0.39, 0.29) is 5.78 Å². The minimum absolute atomic E-state index is 0.0624. The second kappa shape index (κ2) is 4.95. The molecule has 3 rings (SSSR count). The number of hydrogen-bond acceptors (Lipinski definition) is 2. The lowest BCUT2D eigenvalue weighted by atomic mass is 10.0. The fraction of sp³-hybridized carbons (Fsp3) is 0. The van der Waals surface area contributed by atoms with Crippen LogP contribution in [0.15, 0.2) is 53.1 Å². The Morgan fingerprint density at radius 2 is 2.05 bits per heavy atom. The van der Waals surface area contributed by atoms with Gasteiger partial charge in [-0.05, 0) is 30.3 Å². The van der Waals surface area contributed by atoms with Crippen LogP contribution in [-0.2, 0) is 0 Å². The third kappa shape index (κ3) is 2.13. The Kier molecular flexibility index (Phi) is 3.13. The molecular weight excluding hydrogens is 316 g/mol. The van der Waals surface area contributed by atoms with Gasteiger partial charge in [0.1, 0.15) is 0 Å². The van der Waals surface area contributed by atoms with Crippen molar-refractivity contribution < 1.29 is 4.79 Å². The van der Waals surface area contributed by atoms with Crippen LogP contribution in [0.3, 0.4) is 0 Å². The predicted molar refractivity (Wildman–Crippen MR) is 80.6 cm³/mol. The first-order valence-corrected chi connectivity index (χ1v) is 6.80. The molecule has 1 N–H and O–H groups in total. The quantitative estimate of drug-likeness (QED) is 0.723. The lowest BCUT2D eigenvalue weighted by Crippen LogP contribution is -2.00. The summed E-state index contributed by atoms with van der Waals surface area (Å²) in [5, 5.41) is 9.74. The molecule has 0 aliphatic rings. The molecule has 1 aromatic heterocycles. The zero-order valence-electron chi connectivity index (χ0n) is 10.4. The van der Waals surface area contributed by atoms with E-state index in [1.54, 1.807) is 30.5 Å². The van der Waals surface area contributed by atoms with Crippen LogP contribution in [0.5, 0.6) is 0 Å². The van der Waals surface area contributed by atoms with Gasteiger partial charge in [0.25, 0.3) is 0 Å². The number of aromatic nitrogens is 1. The van der Waals surface area contributed by atoms with Gasteiger partial charge >= 0.3 is 0 Å². The molecule has 3 nitrogen and oxygen atoms in total. The van der Waals surface area contributed by atoms with E-state index in [9.17, 15) is 4.79 Å². The highest BCUT2D eigenvalue weighted by atomic mass is 79.9. The van der Waals surface area contributed by atoms with E-state index in [1.807, 2.05) is 18.2 Å². The Labute approximate surface area is 124 Å². The predicted octanol–water partition coefficient (Wildman–Crippen LogP) is 4.03. The zero-order valence-corrected chi connectivity index (χ0v) is 11.9. The van der Waals surface area contributed by atoms with E-state index < -0.39 is 0 Å². The Morgan fingerprint density at radius 1 is 1.20 bits per heavy atom. The van der Waals surface area contributed by atoms with Crippen molar-refractivity contribution in [1.82, 2.24) is 4.98 Å². The number of carbonyl (C=O) groups is 1. The van der Waals surface area contributed by atoms with E-state index >= 15 is 0 Å². The number of halogens is 1. The Bertz CT molecular complexity index is 858. The van der Waals surface area contributed by atoms with Gasteiger partial charge in [0.05, 0.1) is 11.6 Å². The van der Waals surface area contributed by atoms with Crippen LogP contribution < -0.4 is 0 Å². The van der Waals surface area contributed by atoms with Gasteiger partial charge in [-0.3, -0.25) is 4.79 Å². The second-order valence-electron chi connectivity index (χ2n) is 4.41. The normalized spacial score (nSPS) is 10.4. The zero-order chi connectivity index (χ0) is 14.1. The van der Waals surface area contributed by atoms with Gasteiger partial charge in [0.2, 0.25) is 0 Å². The number of nitrogens with one attached hydrogen (secondary N) is 1. The molecule has 0 saturated carbocycles. The first-order chi connectivity index (χ1) is 9.69. The van der Waals surface area contributed by atoms with Gasteiger partial charge in [-0.15, -0.1) is 0 Å². The van der Waals surface area contributed by atoms with Gasteiger partial charge in [0, 0.05) is 32.7 Å². The smallest absolute Gasteiger partial charge is 0.195 e. The standard InChI is InChI=1S/C16H9BrN2O/c17-12-3-1-2-11(7-12)16(20)14-9-19-15-5-4-10(8-18)6-13(14)15/h1-7,9,19H. The third-order valence-electron chi connectivity index (χ3n) is 3.14. The van der Waals surface area contributed by atoms with Crippen molar-refractivity contribution in [2.24, 2.45) is 0 Å². The molecule has 0 unspecified atom stereocenters. The molecule has 2 aromatic carbocycles. The Balaban J connectivity index is 2.15. The Morgan fingerprint density at radius 3 is 2.80 bits per heavy atom. The minimum atomic E-state index is -0.0624. The van der Waals surface area contributed by atoms with Crippen LogP contribution in [0.25, 0.3) is 10.9 Å². The monoisotopic (exact) mass is 324 g/mol. The van der Waals surface area contributed by atoms with Gasteiger partial charge < -0.3 is 4.98 Å². The highest BCUT2D eigenvalue weighted by molar-refractivity contribution is 9.10. The minimum Gasteiger partial charge on any atom is -0.360 e. The van der Waals surface area contributed by atoms with Crippen LogP contribution in [0.2, 0.25) is 0 Å². The highest BCUT2D eigenvalue weighted by Crippen LogP contribution is 2.23. The molecular formula is C16H9BrN2O. The van der Waals surface area contributed by atoms with Crippen LogP contribution in [0.4, 0.5) is 0 Å². The lowest BCUT2D eigenvalue weighted by molar-refractivity contribution is 0.104. The molecule has 4 heteroatoms. The SMILES string of the molecule is N#Cc1ccc2[nH]cc(C(=O)c3cccc(Br)c3)c2c1. The van der Waals surface area contributed by atoms with Crippen molar-refractivity contribution >= 4 is 32.6 Å². The number of nitriles is 1. The molecule has 0 saturated heterocycles. The van der Waals surface area contributed by atoms with Gasteiger partial charge in [-0.25, -0.2) is 0 Å². The molecule has 3 aromatic rings. The highest BCUT2D eigenvalue weighted by Gasteiger charge is 2.14. The van der Waals surface area contributed by atoms with Crippen molar-refractivity contribution in [3.05, 3.63) is 69.8 Å². The Hall–Kier alpha value is -2.38. The maximum atomic E-state index is 12.5. The number of carbonyl (C=O) groups excluding carboxylic acids is 1. The van der Waals surface area contributed by atoms with E-state index in [4.69, 9.17) is 5.26 Å². The summed E-state index contributed by atoms with van der Waals surface area (Å²) in [6, 6.07) is 14.6. The average Bonchev–Trinajstić information content (AvgIpc) is 2.89. The third-order valence-corrected chi connectivity index (χ3v) is 3.64. The van der Waals surface area contributed by atoms with Crippen LogP contribution in [0.1, 0.15) is 21.5 Å². The van der Waals surface area contributed by atoms with E-state index in [0.29, 0.717) is 16.7 Å². The number of fused-ring (bicyclic) bond motifs is 1. The van der Waals surface area contributed by atoms with E-state index in [0.717, 1.165) is 15.4 Å². The first kappa shape index (κ1) is 12.6. The fourth-order valence-electron chi connectivity index (χ4n) is 2.16. The molecule has 0 bridgehead atoms. The van der Waals surface area contributed by atoms with Gasteiger partial charge in [-0.1, -0.05) is 28.1 Å². The van der Waals surface area contributed by atoms with Crippen LogP contribution in [-0.4, -0.2) is 10.8 Å². The lowest BCUT2D eigenvalue weighted by Gasteiger charge is -2.01. The second-order valence-corrected chi connectivity index (χ2v) is 5.33. The van der Waals surface area contributed by atoms with Crippen molar-refractivity contribution in [2.75, 3.05) is 0 Å². The summed E-state index contributed by atoms with van der Waals surface area (Å²) >= 11 is 3.36. The number of benzene rings is 2. The van der Waals surface area contributed by atoms with Crippen molar-refractivity contribution in [2.45, 2.75) is 0 Å². The van der Waals surface area contributed by atoms with Crippen molar-refractivity contribution in [3.63, 3.8) is 0 Å². The summed E-state index contributed by atoms with van der Waals surface area (Å²) in [5.41, 5.74) is 2.58. The number of ketones is 1. The number of nitrogens with zero attached hydrogens (tertiary/aromatic N) is 1. The summed E-state index contributed by atoms with van der Waals surface area (Å²) in [7, 11) is 0. The molecule has 0 aliphatic heterocycles. The van der Waals surface area contributed by atoms with E-state index in [2.05, 4.69) is 27.0 Å². The number of hydrogen-bond donors (Lipinski definition) is 1. The van der Waals surface area contributed by atoms with Gasteiger partial charge in [-0.2, -0.15) is 5.26 Å². The first-order valence-electron chi connectivity index (χ1n) is 6.00. The molecule has 96 valence electrons. The molecule has 0 spiro atoms. The largest absolute Gasteiger partial charge is 0.360 e. The molecule has 0 radical (unpaired) electrons. The van der Waals surface area contributed by atoms with Crippen molar-refractivity contribution in [3.8, 4) is 6.07 Å². The number of H-pyrrole nitrogens is 1. The maximum absolute atomic E-state index is 12.5. The molecule has 0 fully saturated rings. The summed E-state index contributed by atoms with van der Waals surface area (Å²) in [6.07, 6.45) is 1.69.